The summed E-state index contributed by atoms with van der Waals surface area (Å²) in [5.74, 6) is -1.03. The van der Waals surface area contributed by atoms with E-state index in [2.05, 4.69) is 18.2 Å². The van der Waals surface area contributed by atoms with E-state index in [-0.39, 0.29) is 5.92 Å². The minimum atomic E-state index is -0.722. The maximum Gasteiger partial charge on any atom is 0.306 e. The summed E-state index contributed by atoms with van der Waals surface area (Å²) in [6, 6.07) is 8.20. The quantitative estimate of drug-likeness (QED) is 0.818. The molecule has 0 bridgehead atoms. The Hall–Kier alpha value is -1.57. The van der Waals surface area contributed by atoms with Gasteiger partial charge in [-0.25, -0.2) is 0 Å². The zero-order chi connectivity index (χ0) is 10.8. The van der Waals surface area contributed by atoms with E-state index in [0.717, 1.165) is 6.42 Å². The van der Waals surface area contributed by atoms with Crippen LogP contribution < -0.4 is 0 Å². The second kappa shape index (κ2) is 3.89. The third kappa shape index (κ3) is 1.94. The molecule has 0 radical (unpaired) electrons. The van der Waals surface area contributed by atoms with Crippen molar-refractivity contribution >= 4 is 11.5 Å². The summed E-state index contributed by atoms with van der Waals surface area (Å²) in [6.07, 6.45) is 3.72. The van der Waals surface area contributed by atoms with Gasteiger partial charge in [0.25, 0.3) is 0 Å². The van der Waals surface area contributed by atoms with Gasteiger partial charge in [-0.3, -0.25) is 4.79 Å². The fraction of sp³-hybridized carbons (Fsp3) is 0.308. The van der Waals surface area contributed by atoms with Crippen LogP contribution in [0.5, 0.6) is 0 Å². The van der Waals surface area contributed by atoms with E-state index in [4.69, 9.17) is 5.11 Å². The van der Waals surface area contributed by atoms with Gasteiger partial charge in [0.2, 0.25) is 0 Å². The van der Waals surface area contributed by atoms with Gasteiger partial charge in [-0.05, 0) is 29.5 Å². The van der Waals surface area contributed by atoms with Gasteiger partial charge in [-0.1, -0.05) is 37.3 Å². The molecule has 0 fully saturated rings. The molecule has 1 aliphatic carbocycles. The normalized spacial score (nSPS) is 15.7. The predicted octanol–water partition coefficient (Wildman–Crippen LogP) is 2.74. The predicted molar refractivity (Wildman–Crippen MR) is 59.5 cm³/mol. The lowest BCUT2D eigenvalue weighted by atomic mass is 9.97. The number of hydrogen-bond donors (Lipinski definition) is 1. The van der Waals surface area contributed by atoms with Gasteiger partial charge in [0.1, 0.15) is 0 Å². The molecule has 0 heterocycles. The van der Waals surface area contributed by atoms with Crippen LogP contribution in [0.3, 0.4) is 0 Å². The van der Waals surface area contributed by atoms with Crippen LogP contribution in [0.2, 0.25) is 0 Å². The Morgan fingerprint density at radius 3 is 2.93 bits per heavy atom. The standard InChI is InChI=1S/C13H14O2/c1-9(13(14)15)8-11-7-6-10-4-2-3-5-12(10)11/h2-5,7,9H,6,8H2,1H3,(H,14,15). The highest BCUT2D eigenvalue weighted by Gasteiger charge is 2.18. The molecule has 1 aromatic rings. The van der Waals surface area contributed by atoms with E-state index in [1.807, 2.05) is 12.1 Å². The lowest BCUT2D eigenvalue weighted by molar-refractivity contribution is -0.140. The van der Waals surface area contributed by atoms with E-state index in [0.29, 0.717) is 6.42 Å². The summed E-state index contributed by atoms with van der Waals surface area (Å²) >= 11 is 0. The minimum absolute atomic E-state index is 0.303. The molecule has 1 aliphatic rings. The van der Waals surface area contributed by atoms with E-state index >= 15 is 0 Å². The van der Waals surface area contributed by atoms with Crippen molar-refractivity contribution in [2.45, 2.75) is 19.8 Å². The fourth-order valence-corrected chi connectivity index (χ4v) is 1.97. The van der Waals surface area contributed by atoms with Crippen molar-refractivity contribution in [3.8, 4) is 0 Å². The van der Waals surface area contributed by atoms with Crippen LogP contribution in [0.15, 0.2) is 30.3 Å². The largest absolute Gasteiger partial charge is 0.481 e. The third-order valence-electron chi connectivity index (χ3n) is 2.88. The maximum absolute atomic E-state index is 10.8. The van der Waals surface area contributed by atoms with Crippen molar-refractivity contribution in [3.63, 3.8) is 0 Å². The Kier molecular flexibility index (Phi) is 2.58. The molecule has 2 heteroatoms. The number of allylic oxidation sites excluding steroid dienone is 2. The smallest absolute Gasteiger partial charge is 0.306 e. The SMILES string of the molecule is CC(CC1=CCc2ccccc21)C(=O)O. The summed E-state index contributed by atoms with van der Waals surface area (Å²) in [4.78, 5) is 10.8. The molecular formula is C13H14O2. The highest BCUT2D eigenvalue weighted by Crippen LogP contribution is 2.31. The molecule has 2 nitrogen and oxygen atoms in total. The summed E-state index contributed by atoms with van der Waals surface area (Å²) in [7, 11) is 0. The first kappa shape index (κ1) is 9.97. The molecule has 0 aliphatic heterocycles. The van der Waals surface area contributed by atoms with Crippen molar-refractivity contribution in [1.82, 2.24) is 0 Å². The van der Waals surface area contributed by atoms with Crippen LogP contribution in [0, 0.1) is 5.92 Å². The van der Waals surface area contributed by atoms with Crippen molar-refractivity contribution in [2.75, 3.05) is 0 Å². The van der Waals surface area contributed by atoms with Crippen LogP contribution in [0.25, 0.3) is 5.57 Å². The molecule has 0 spiro atoms. The number of aliphatic carboxylic acids is 1. The Labute approximate surface area is 89.2 Å². The van der Waals surface area contributed by atoms with Crippen molar-refractivity contribution in [2.24, 2.45) is 5.92 Å². The van der Waals surface area contributed by atoms with Gasteiger partial charge < -0.3 is 5.11 Å². The Morgan fingerprint density at radius 2 is 2.20 bits per heavy atom. The number of carboxylic acids is 1. The molecule has 0 aromatic heterocycles. The van der Waals surface area contributed by atoms with Gasteiger partial charge in [-0.15, -0.1) is 0 Å². The van der Waals surface area contributed by atoms with Crippen molar-refractivity contribution in [1.29, 1.82) is 0 Å². The zero-order valence-electron chi connectivity index (χ0n) is 8.73. The molecular weight excluding hydrogens is 188 g/mol. The average molecular weight is 202 g/mol. The minimum Gasteiger partial charge on any atom is -0.481 e. The lowest BCUT2D eigenvalue weighted by Crippen LogP contribution is -2.09. The first-order valence-corrected chi connectivity index (χ1v) is 5.18. The first-order chi connectivity index (χ1) is 7.18. The highest BCUT2D eigenvalue weighted by atomic mass is 16.4. The van der Waals surface area contributed by atoms with E-state index in [1.165, 1.54) is 16.7 Å². The summed E-state index contributed by atoms with van der Waals surface area (Å²) in [5, 5.41) is 8.86. The number of rotatable bonds is 3. The fourth-order valence-electron chi connectivity index (χ4n) is 1.97. The van der Waals surface area contributed by atoms with E-state index in [9.17, 15) is 4.79 Å². The Morgan fingerprint density at radius 1 is 1.47 bits per heavy atom. The van der Waals surface area contributed by atoms with E-state index < -0.39 is 5.97 Å². The molecule has 0 saturated heterocycles. The molecule has 1 aromatic carbocycles. The summed E-state index contributed by atoms with van der Waals surface area (Å²) in [5.41, 5.74) is 3.72. The number of benzene rings is 1. The number of carboxylic acid groups (broad SMARTS) is 1. The second-order valence-corrected chi connectivity index (χ2v) is 4.03. The van der Waals surface area contributed by atoms with Gasteiger partial charge in [0.15, 0.2) is 0 Å². The molecule has 1 N–H and O–H groups in total. The molecule has 2 rings (SSSR count). The molecule has 1 atom stereocenters. The highest BCUT2D eigenvalue weighted by molar-refractivity contribution is 5.78. The zero-order valence-corrected chi connectivity index (χ0v) is 8.73. The Balaban J connectivity index is 2.17. The second-order valence-electron chi connectivity index (χ2n) is 4.03. The number of hydrogen-bond acceptors (Lipinski definition) is 1. The molecule has 0 amide bonds. The maximum atomic E-state index is 10.8. The van der Waals surface area contributed by atoms with Crippen LogP contribution in [-0.2, 0) is 11.2 Å². The van der Waals surface area contributed by atoms with Crippen LogP contribution in [0.1, 0.15) is 24.5 Å². The third-order valence-corrected chi connectivity index (χ3v) is 2.88. The van der Waals surface area contributed by atoms with Gasteiger partial charge in [-0.2, -0.15) is 0 Å². The molecule has 78 valence electrons. The monoisotopic (exact) mass is 202 g/mol. The van der Waals surface area contributed by atoms with Gasteiger partial charge >= 0.3 is 5.97 Å². The van der Waals surface area contributed by atoms with Gasteiger partial charge in [0, 0.05) is 0 Å². The summed E-state index contributed by atoms with van der Waals surface area (Å²) in [6.45, 7) is 1.75. The molecule has 15 heavy (non-hydrogen) atoms. The average Bonchev–Trinajstić information content (AvgIpc) is 2.62. The van der Waals surface area contributed by atoms with Crippen molar-refractivity contribution < 1.29 is 9.90 Å². The van der Waals surface area contributed by atoms with Crippen LogP contribution in [-0.4, -0.2) is 11.1 Å². The summed E-state index contributed by atoms with van der Waals surface area (Å²) < 4.78 is 0. The number of fused-ring (bicyclic) bond motifs is 1. The van der Waals surface area contributed by atoms with Crippen molar-refractivity contribution in [3.05, 3.63) is 41.5 Å². The van der Waals surface area contributed by atoms with Crippen LogP contribution in [0.4, 0.5) is 0 Å². The first-order valence-electron chi connectivity index (χ1n) is 5.18. The lowest BCUT2D eigenvalue weighted by Gasteiger charge is -2.08. The van der Waals surface area contributed by atoms with E-state index in [1.54, 1.807) is 6.92 Å². The van der Waals surface area contributed by atoms with Crippen LogP contribution >= 0.6 is 0 Å². The molecule has 1 unspecified atom stereocenters. The topological polar surface area (TPSA) is 37.3 Å². The molecule has 0 saturated carbocycles. The Bertz CT molecular complexity index is 418. The number of carbonyl (C=O) groups is 1. The van der Waals surface area contributed by atoms with Gasteiger partial charge in [0.05, 0.1) is 5.92 Å².